The highest BCUT2D eigenvalue weighted by Gasteiger charge is 2.41. The average molecular weight is 295 g/mol. The highest BCUT2D eigenvalue weighted by molar-refractivity contribution is 5.81. The summed E-state index contributed by atoms with van der Waals surface area (Å²) in [6.45, 7) is 1.81. The van der Waals surface area contributed by atoms with Gasteiger partial charge in [0.05, 0.1) is 6.61 Å². The summed E-state index contributed by atoms with van der Waals surface area (Å²) >= 11 is 0. The lowest BCUT2D eigenvalue weighted by molar-refractivity contribution is -0.142. The van der Waals surface area contributed by atoms with E-state index >= 15 is 0 Å². The largest absolute Gasteiger partial charge is 0.480 e. The first-order valence-corrected chi connectivity index (χ1v) is 6.22. The van der Waals surface area contributed by atoms with Crippen LogP contribution in [0.5, 0.6) is 0 Å². The lowest BCUT2D eigenvalue weighted by atomic mass is 10.1. The fourth-order valence-corrected chi connectivity index (χ4v) is 2.01. The minimum absolute atomic E-state index is 0.0264. The van der Waals surface area contributed by atoms with Crippen LogP contribution in [0.4, 0.5) is 13.6 Å². The molecule has 116 valence electrons. The van der Waals surface area contributed by atoms with Gasteiger partial charge in [0.25, 0.3) is 0 Å². The molecule has 0 spiro atoms. The van der Waals surface area contributed by atoms with Crippen LogP contribution in [0.15, 0.2) is 0 Å². The lowest BCUT2D eigenvalue weighted by Gasteiger charge is -2.26. The number of carboxylic acid groups (broad SMARTS) is 1. The fraction of sp³-hybridized carbons (Fsp3) is 0.833. The molecule has 1 N–H and O–H groups in total. The lowest BCUT2D eigenvalue weighted by Crippen LogP contribution is -2.43. The average Bonchev–Trinajstić information content (AvgIpc) is 2.68. The number of carboxylic acids is 1. The number of aliphatic carboxylic acids is 1. The van der Waals surface area contributed by atoms with Crippen molar-refractivity contribution in [1.82, 2.24) is 4.90 Å². The van der Waals surface area contributed by atoms with E-state index in [0.717, 1.165) is 4.90 Å². The predicted octanol–water partition coefficient (Wildman–Crippen LogP) is 1.94. The number of likely N-dealkylation sites (tertiary alicyclic amines) is 1. The number of ether oxygens (including phenoxy) is 2. The SMILES string of the molecule is CC(C)(C)OC(=O)N1CC(COC(F)F)C[C@H]1C(=O)O. The number of alkyl halides is 2. The van der Waals surface area contributed by atoms with Crippen LogP contribution in [-0.4, -0.2) is 53.5 Å². The Hall–Kier alpha value is -1.44. The first-order valence-electron chi connectivity index (χ1n) is 6.22. The molecule has 1 rings (SSSR count). The van der Waals surface area contributed by atoms with Gasteiger partial charge in [-0.2, -0.15) is 8.78 Å². The number of carbonyl (C=O) groups is 2. The molecule has 8 heteroatoms. The maximum absolute atomic E-state index is 12.0. The normalized spacial score (nSPS) is 23.2. The molecular formula is C12H19F2NO5. The maximum Gasteiger partial charge on any atom is 0.411 e. The van der Waals surface area contributed by atoms with E-state index in [9.17, 15) is 18.4 Å². The van der Waals surface area contributed by atoms with E-state index in [1.165, 1.54) is 0 Å². The van der Waals surface area contributed by atoms with E-state index in [2.05, 4.69) is 4.74 Å². The summed E-state index contributed by atoms with van der Waals surface area (Å²) in [7, 11) is 0. The first-order chi connectivity index (χ1) is 9.10. The van der Waals surface area contributed by atoms with Gasteiger partial charge in [0.1, 0.15) is 11.6 Å². The predicted molar refractivity (Wildman–Crippen MR) is 64.4 cm³/mol. The number of halogens is 2. The van der Waals surface area contributed by atoms with Crippen molar-refractivity contribution in [2.45, 2.75) is 45.4 Å². The summed E-state index contributed by atoms with van der Waals surface area (Å²) < 4.78 is 33.2. The molecule has 1 heterocycles. The second kappa shape index (κ2) is 6.34. The van der Waals surface area contributed by atoms with E-state index in [4.69, 9.17) is 9.84 Å². The van der Waals surface area contributed by atoms with Crippen molar-refractivity contribution in [3.63, 3.8) is 0 Å². The Morgan fingerprint density at radius 1 is 1.40 bits per heavy atom. The molecule has 1 aliphatic heterocycles. The monoisotopic (exact) mass is 295 g/mol. The first kappa shape index (κ1) is 16.6. The van der Waals surface area contributed by atoms with Gasteiger partial charge in [-0.25, -0.2) is 9.59 Å². The summed E-state index contributed by atoms with van der Waals surface area (Å²) in [5.41, 5.74) is -0.752. The van der Waals surface area contributed by atoms with Crippen LogP contribution in [0, 0.1) is 5.92 Å². The van der Waals surface area contributed by atoms with E-state index < -0.39 is 36.2 Å². The van der Waals surface area contributed by atoms with Crippen LogP contribution in [0.3, 0.4) is 0 Å². The fourth-order valence-electron chi connectivity index (χ4n) is 2.01. The Kier molecular flexibility index (Phi) is 5.27. The van der Waals surface area contributed by atoms with Crippen molar-refractivity contribution in [3.05, 3.63) is 0 Å². The zero-order chi connectivity index (χ0) is 15.5. The minimum atomic E-state index is -2.91. The summed E-state index contributed by atoms with van der Waals surface area (Å²) in [6, 6.07) is -1.07. The quantitative estimate of drug-likeness (QED) is 0.857. The van der Waals surface area contributed by atoms with Crippen molar-refractivity contribution in [1.29, 1.82) is 0 Å². The number of rotatable bonds is 4. The van der Waals surface area contributed by atoms with E-state index in [1.54, 1.807) is 20.8 Å². The molecule has 0 radical (unpaired) electrons. The molecule has 1 aliphatic rings. The van der Waals surface area contributed by atoms with E-state index in [1.807, 2.05) is 0 Å². The number of hydrogen-bond donors (Lipinski definition) is 1. The van der Waals surface area contributed by atoms with Crippen LogP contribution in [-0.2, 0) is 14.3 Å². The van der Waals surface area contributed by atoms with Crippen LogP contribution in [0.25, 0.3) is 0 Å². The van der Waals surface area contributed by atoms with Crippen molar-refractivity contribution < 1.29 is 33.0 Å². The number of hydrogen-bond acceptors (Lipinski definition) is 4. The Morgan fingerprint density at radius 2 is 2.00 bits per heavy atom. The van der Waals surface area contributed by atoms with E-state index in [-0.39, 0.29) is 19.6 Å². The van der Waals surface area contributed by atoms with Gasteiger partial charge in [0.2, 0.25) is 0 Å². The molecule has 0 bridgehead atoms. The highest BCUT2D eigenvalue weighted by atomic mass is 19.3. The van der Waals surface area contributed by atoms with Gasteiger partial charge in [-0.3, -0.25) is 4.90 Å². The Bertz CT molecular complexity index is 369. The molecule has 20 heavy (non-hydrogen) atoms. The van der Waals surface area contributed by atoms with Crippen LogP contribution in [0.2, 0.25) is 0 Å². The van der Waals surface area contributed by atoms with Crippen LogP contribution < -0.4 is 0 Å². The summed E-state index contributed by atoms with van der Waals surface area (Å²) in [5.74, 6) is -1.63. The zero-order valence-electron chi connectivity index (χ0n) is 11.6. The molecule has 6 nitrogen and oxygen atoms in total. The number of nitrogens with zero attached hydrogens (tertiary/aromatic N) is 1. The summed E-state index contributed by atoms with van der Waals surface area (Å²) in [6.07, 6.45) is -0.689. The van der Waals surface area contributed by atoms with Crippen molar-refractivity contribution in [2.75, 3.05) is 13.2 Å². The third-order valence-electron chi connectivity index (χ3n) is 2.76. The molecule has 0 saturated carbocycles. The third kappa shape index (κ3) is 4.92. The molecule has 1 amide bonds. The minimum Gasteiger partial charge on any atom is -0.480 e. The standard InChI is InChI=1S/C12H19F2NO5/c1-12(2,3)20-11(18)15-5-7(6-19-10(13)14)4-8(15)9(16)17/h7-8,10H,4-6H2,1-3H3,(H,16,17)/t7?,8-/m0/s1. The third-order valence-corrected chi connectivity index (χ3v) is 2.76. The molecule has 0 aromatic carbocycles. The molecule has 0 aromatic heterocycles. The van der Waals surface area contributed by atoms with Crippen LogP contribution in [0.1, 0.15) is 27.2 Å². The van der Waals surface area contributed by atoms with Crippen molar-refractivity contribution >= 4 is 12.1 Å². The van der Waals surface area contributed by atoms with Crippen molar-refractivity contribution in [2.24, 2.45) is 5.92 Å². The Balaban J connectivity index is 2.67. The van der Waals surface area contributed by atoms with Crippen molar-refractivity contribution in [3.8, 4) is 0 Å². The Labute approximate surface area is 115 Å². The van der Waals surface area contributed by atoms with Gasteiger partial charge in [-0.15, -0.1) is 0 Å². The van der Waals surface area contributed by atoms with Gasteiger partial charge in [0, 0.05) is 12.5 Å². The summed E-state index contributed by atoms with van der Waals surface area (Å²) in [5, 5.41) is 9.09. The molecule has 0 aromatic rings. The zero-order valence-corrected chi connectivity index (χ0v) is 11.6. The Morgan fingerprint density at radius 3 is 2.45 bits per heavy atom. The molecular weight excluding hydrogens is 276 g/mol. The smallest absolute Gasteiger partial charge is 0.411 e. The molecule has 1 unspecified atom stereocenters. The summed E-state index contributed by atoms with van der Waals surface area (Å²) in [4.78, 5) is 24.1. The number of amides is 1. The van der Waals surface area contributed by atoms with Gasteiger partial charge in [-0.1, -0.05) is 0 Å². The molecule has 1 saturated heterocycles. The maximum atomic E-state index is 12.0. The number of carbonyl (C=O) groups excluding carboxylic acids is 1. The van der Waals surface area contributed by atoms with Gasteiger partial charge < -0.3 is 14.6 Å². The molecule has 1 fully saturated rings. The second-order valence-corrected chi connectivity index (χ2v) is 5.68. The van der Waals surface area contributed by atoms with Gasteiger partial charge in [0.15, 0.2) is 0 Å². The van der Waals surface area contributed by atoms with Gasteiger partial charge in [-0.05, 0) is 27.2 Å². The van der Waals surface area contributed by atoms with E-state index in [0.29, 0.717) is 0 Å². The van der Waals surface area contributed by atoms with Crippen LogP contribution >= 0.6 is 0 Å². The molecule has 0 aliphatic carbocycles. The second-order valence-electron chi connectivity index (χ2n) is 5.68. The van der Waals surface area contributed by atoms with Gasteiger partial charge >= 0.3 is 18.7 Å². The molecule has 2 atom stereocenters. The highest BCUT2D eigenvalue weighted by Crippen LogP contribution is 2.26. The topological polar surface area (TPSA) is 76.1 Å².